The fraction of sp³-hybridized carbons (Fsp3) is 0.684. The third-order valence-electron chi connectivity index (χ3n) is 5.11. The molecule has 18 heteroatoms. The van der Waals surface area contributed by atoms with E-state index in [1.54, 1.807) is 6.92 Å². The number of aryl methyl sites for hydroxylation is 1. The molecule has 0 saturated carbocycles. The Morgan fingerprint density at radius 3 is 1.43 bits per heavy atom. The van der Waals surface area contributed by atoms with Crippen LogP contribution in [0.5, 0.6) is 0 Å². The molecular weight excluding hydrogens is 567 g/mol. The summed E-state index contributed by atoms with van der Waals surface area (Å²) < 4.78 is 226. The van der Waals surface area contributed by atoms with E-state index in [0.717, 1.165) is 18.2 Å². The molecule has 37 heavy (non-hydrogen) atoms. The second-order valence-electron chi connectivity index (χ2n) is 7.86. The van der Waals surface area contributed by atoms with Gasteiger partial charge in [0.25, 0.3) is 0 Å². The van der Waals surface area contributed by atoms with Gasteiger partial charge in [-0.3, -0.25) is 0 Å². The maximum Gasteiger partial charge on any atom is 0.460 e. The number of rotatable bonds is 11. The van der Waals surface area contributed by atoms with E-state index >= 15 is 0 Å². The molecule has 216 valence electrons. The highest BCUT2D eigenvalue weighted by atomic mass is 19.4. The SMILES string of the molecule is CCCc1cccc(C(O)CC(F)(F)C(F)(F)C(F)(F)C(F)(F)C(F)(F)C(F)(F)C(F)(F)C(F)(F)F)c1. The molecule has 1 aromatic rings. The number of hydrogen-bond donors (Lipinski definition) is 1. The summed E-state index contributed by atoms with van der Waals surface area (Å²) in [6.07, 6.45) is -13.0. The summed E-state index contributed by atoms with van der Waals surface area (Å²) in [5.74, 6) is -56.9. The Hall–Kier alpha value is -2.01. The summed E-state index contributed by atoms with van der Waals surface area (Å²) in [6, 6.07) is 4.06. The summed E-state index contributed by atoms with van der Waals surface area (Å²) in [7, 11) is 0. The molecule has 0 spiro atoms. The largest absolute Gasteiger partial charge is 0.460 e. The van der Waals surface area contributed by atoms with E-state index in [9.17, 15) is 79.7 Å². The van der Waals surface area contributed by atoms with Crippen LogP contribution in [0.1, 0.15) is 37.0 Å². The average molecular weight is 582 g/mol. The molecule has 1 N–H and O–H groups in total. The minimum atomic E-state index is -8.67. The van der Waals surface area contributed by atoms with E-state index in [1.807, 2.05) is 0 Å². The fourth-order valence-electron chi connectivity index (χ4n) is 2.93. The smallest absolute Gasteiger partial charge is 0.388 e. The number of benzene rings is 1. The van der Waals surface area contributed by atoms with Crippen molar-refractivity contribution in [2.24, 2.45) is 0 Å². The van der Waals surface area contributed by atoms with Gasteiger partial charge in [-0.25, -0.2) is 0 Å². The third-order valence-corrected chi connectivity index (χ3v) is 5.11. The lowest BCUT2D eigenvalue weighted by Gasteiger charge is -2.43. The van der Waals surface area contributed by atoms with Crippen molar-refractivity contribution in [1.82, 2.24) is 0 Å². The molecule has 0 aliphatic heterocycles. The van der Waals surface area contributed by atoms with Crippen LogP contribution in [0.25, 0.3) is 0 Å². The molecule has 1 nitrogen and oxygen atoms in total. The maximum absolute atomic E-state index is 14.0. The van der Waals surface area contributed by atoms with E-state index in [1.165, 1.54) is 6.07 Å². The molecule has 0 bridgehead atoms. The van der Waals surface area contributed by atoms with Crippen molar-refractivity contribution in [3.05, 3.63) is 35.4 Å². The molecule has 1 atom stereocenters. The predicted octanol–water partition coefficient (Wildman–Crippen LogP) is 8.07. The van der Waals surface area contributed by atoms with Crippen LogP contribution in [0.15, 0.2) is 24.3 Å². The molecule has 0 aliphatic rings. The summed E-state index contributed by atoms with van der Waals surface area (Å²) in [5, 5.41) is 9.73. The van der Waals surface area contributed by atoms with Gasteiger partial charge >= 0.3 is 47.6 Å². The molecule has 1 rings (SSSR count). The van der Waals surface area contributed by atoms with Gasteiger partial charge in [0.05, 0.1) is 6.10 Å². The van der Waals surface area contributed by atoms with Gasteiger partial charge in [-0.1, -0.05) is 37.6 Å². The Kier molecular flexibility index (Phi) is 8.59. The lowest BCUT2D eigenvalue weighted by Crippen LogP contribution is -2.74. The van der Waals surface area contributed by atoms with E-state index < -0.39 is 65.7 Å². The van der Waals surface area contributed by atoms with Crippen LogP contribution < -0.4 is 0 Å². The number of hydrogen-bond acceptors (Lipinski definition) is 1. The fourth-order valence-corrected chi connectivity index (χ4v) is 2.93. The van der Waals surface area contributed by atoms with Crippen molar-refractivity contribution < 1.29 is 79.7 Å². The zero-order valence-corrected chi connectivity index (χ0v) is 17.9. The van der Waals surface area contributed by atoms with Gasteiger partial charge in [-0.05, 0) is 17.5 Å². The Labute approximate surface area is 196 Å². The Balaban J connectivity index is 3.51. The van der Waals surface area contributed by atoms with Crippen molar-refractivity contribution >= 4 is 0 Å². The van der Waals surface area contributed by atoms with Gasteiger partial charge in [0.1, 0.15) is 0 Å². The standard InChI is InChI=1S/C19H15F17O/c1-2-4-9-5-3-6-10(7-9)11(37)8-12(20,21)13(22,23)14(24,25)15(26,27)16(28,29)17(30,31)18(32,33)19(34,35)36/h3,5-7,11,37H,2,4,8H2,1H3. The summed E-state index contributed by atoms with van der Waals surface area (Å²) in [4.78, 5) is 0. The first-order valence-electron chi connectivity index (χ1n) is 9.65. The molecule has 0 aromatic heterocycles. The average Bonchev–Trinajstić information content (AvgIpc) is 2.72. The monoisotopic (exact) mass is 582 g/mol. The molecule has 0 fully saturated rings. The maximum atomic E-state index is 14.0. The second-order valence-corrected chi connectivity index (χ2v) is 7.86. The van der Waals surface area contributed by atoms with Crippen LogP contribution in [-0.2, 0) is 6.42 Å². The third kappa shape index (κ3) is 5.05. The van der Waals surface area contributed by atoms with Gasteiger partial charge in [0, 0.05) is 6.42 Å². The second kappa shape index (κ2) is 9.63. The molecule has 0 saturated heterocycles. The summed E-state index contributed by atoms with van der Waals surface area (Å²) >= 11 is 0. The van der Waals surface area contributed by atoms with Gasteiger partial charge in [0.15, 0.2) is 0 Å². The van der Waals surface area contributed by atoms with E-state index in [0.29, 0.717) is 6.42 Å². The van der Waals surface area contributed by atoms with Crippen molar-refractivity contribution in [2.75, 3.05) is 0 Å². The van der Waals surface area contributed by atoms with Crippen LogP contribution in [-0.4, -0.2) is 52.7 Å². The van der Waals surface area contributed by atoms with Crippen molar-refractivity contribution in [2.45, 2.75) is 79.9 Å². The zero-order valence-electron chi connectivity index (χ0n) is 17.9. The predicted molar refractivity (Wildman–Crippen MR) is 90.7 cm³/mol. The van der Waals surface area contributed by atoms with Crippen molar-refractivity contribution in [1.29, 1.82) is 0 Å². The topological polar surface area (TPSA) is 20.2 Å². The van der Waals surface area contributed by atoms with Crippen LogP contribution in [0.3, 0.4) is 0 Å². The Morgan fingerprint density at radius 1 is 0.622 bits per heavy atom. The number of halogens is 17. The summed E-state index contributed by atoms with van der Waals surface area (Å²) in [6.45, 7) is 1.62. The number of alkyl halides is 17. The molecule has 0 radical (unpaired) electrons. The van der Waals surface area contributed by atoms with Crippen LogP contribution >= 0.6 is 0 Å². The van der Waals surface area contributed by atoms with Crippen LogP contribution in [0.4, 0.5) is 74.6 Å². The Morgan fingerprint density at radius 2 is 1.03 bits per heavy atom. The lowest BCUT2D eigenvalue weighted by molar-refractivity contribution is -0.462. The highest BCUT2D eigenvalue weighted by molar-refractivity contribution is 5.26. The number of aliphatic hydroxyl groups excluding tert-OH is 1. The van der Waals surface area contributed by atoms with Gasteiger partial charge in [0.2, 0.25) is 0 Å². The molecular formula is C19H15F17O. The minimum absolute atomic E-state index is 0.212. The Bertz CT molecular complexity index is 935. The highest BCUT2D eigenvalue weighted by Gasteiger charge is 2.95. The van der Waals surface area contributed by atoms with E-state index in [-0.39, 0.29) is 12.0 Å². The molecule has 0 aliphatic carbocycles. The normalized spacial score (nSPS) is 16.2. The van der Waals surface area contributed by atoms with E-state index in [4.69, 9.17) is 0 Å². The number of aliphatic hydroxyl groups is 1. The highest BCUT2D eigenvalue weighted by Crippen LogP contribution is 2.64. The van der Waals surface area contributed by atoms with Crippen LogP contribution in [0, 0.1) is 0 Å². The van der Waals surface area contributed by atoms with Crippen molar-refractivity contribution in [3.63, 3.8) is 0 Å². The molecule has 0 heterocycles. The van der Waals surface area contributed by atoms with Gasteiger partial charge in [-0.2, -0.15) is 74.6 Å². The van der Waals surface area contributed by atoms with Crippen molar-refractivity contribution in [3.8, 4) is 0 Å². The van der Waals surface area contributed by atoms with E-state index in [2.05, 4.69) is 0 Å². The quantitative estimate of drug-likeness (QED) is 0.262. The molecule has 1 aromatic carbocycles. The zero-order chi connectivity index (χ0) is 29.7. The molecule has 0 amide bonds. The van der Waals surface area contributed by atoms with Gasteiger partial charge in [-0.15, -0.1) is 0 Å². The lowest BCUT2D eigenvalue weighted by atomic mass is 9.87. The minimum Gasteiger partial charge on any atom is -0.388 e. The first kappa shape index (κ1) is 33.0. The first-order chi connectivity index (χ1) is 16.2. The summed E-state index contributed by atoms with van der Waals surface area (Å²) in [5.41, 5.74) is -0.406. The van der Waals surface area contributed by atoms with Gasteiger partial charge < -0.3 is 5.11 Å². The first-order valence-corrected chi connectivity index (χ1v) is 9.65. The van der Waals surface area contributed by atoms with Crippen LogP contribution in [0.2, 0.25) is 0 Å². The molecule has 1 unspecified atom stereocenters.